The van der Waals surface area contributed by atoms with Crippen molar-refractivity contribution in [2.24, 2.45) is 0 Å². The lowest BCUT2D eigenvalue weighted by Crippen LogP contribution is -1.97. The predicted octanol–water partition coefficient (Wildman–Crippen LogP) is 4.01. The Balaban J connectivity index is 2.11. The van der Waals surface area contributed by atoms with E-state index in [2.05, 4.69) is 0 Å². The minimum Gasteiger partial charge on any atom is -0.489 e. The maximum Gasteiger partial charge on any atom is 0.159 e. The van der Waals surface area contributed by atoms with Crippen molar-refractivity contribution < 1.29 is 18.3 Å². The molecule has 2 rings (SSSR count). The minimum atomic E-state index is -0.930. The molecule has 0 atom stereocenters. The number of aldehydes is 1. The third kappa shape index (κ3) is 3.51. The molecule has 0 aliphatic carbocycles. The first-order valence-electron chi connectivity index (χ1n) is 5.41. The molecule has 0 heterocycles. The molecule has 0 aromatic heterocycles. The quantitative estimate of drug-likeness (QED) is 0.792. The molecule has 0 aliphatic heterocycles. The molecule has 0 saturated carbocycles. The van der Waals surface area contributed by atoms with E-state index in [9.17, 15) is 13.6 Å². The molecule has 0 saturated heterocycles. The summed E-state index contributed by atoms with van der Waals surface area (Å²) in [6.45, 7) is 0.0514. The average molecular weight is 283 g/mol. The van der Waals surface area contributed by atoms with Gasteiger partial charge in [0.15, 0.2) is 11.6 Å². The van der Waals surface area contributed by atoms with Gasteiger partial charge >= 0.3 is 0 Å². The molecule has 0 radical (unpaired) electrons. The van der Waals surface area contributed by atoms with Gasteiger partial charge in [-0.25, -0.2) is 8.78 Å². The molecule has 0 fully saturated rings. The molecule has 0 aliphatic rings. The maximum atomic E-state index is 13.0. The van der Waals surface area contributed by atoms with Crippen molar-refractivity contribution in [1.82, 2.24) is 0 Å². The number of hydrogen-bond donors (Lipinski definition) is 0. The average Bonchev–Trinajstić information content (AvgIpc) is 2.39. The first-order valence-corrected chi connectivity index (χ1v) is 5.79. The normalized spacial score (nSPS) is 10.3. The maximum absolute atomic E-state index is 13.0. The standard InChI is InChI=1S/C14H9ClF2O2/c15-11-3-10(7-18)4-12(6-11)19-8-9-1-2-13(16)14(17)5-9/h1-7H,8H2. The van der Waals surface area contributed by atoms with Gasteiger partial charge in [0.1, 0.15) is 18.6 Å². The first-order chi connectivity index (χ1) is 9.08. The van der Waals surface area contributed by atoms with E-state index in [0.29, 0.717) is 28.2 Å². The number of halogens is 3. The second-order valence-corrected chi connectivity index (χ2v) is 4.31. The molecule has 0 bridgehead atoms. The second-order valence-electron chi connectivity index (χ2n) is 3.88. The molecule has 98 valence electrons. The second kappa shape index (κ2) is 5.80. The molecule has 0 N–H and O–H groups in total. The lowest BCUT2D eigenvalue weighted by atomic mass is 10.2. The Hall–Kier alpha value is -1.94. The number of hydrogen-bond acceptors (Lipinski definition) is 2. The SMILES string of the molecule is O=Cc1cc(Cl)cc(OCc2ccc(F)c(F)c2)c1. The largest absolute Gasteiger partial charge is 0.489 e. The van der Waals surface area contributed by atoms with Crippen molar-refractivity contribution in [2.45, 2.75) is 6.61 Å². The van der Waals surface area contributed by atoms with Crippen molar-refractivity contribution in [2.75, 3.05) is 0 Å². The monoisotopic (exact) mass is 282 g/mol. The summed E-state index contributed by atoms with van der Waals surface area (Å²) in [5.41, 5.74) is 0.860. The Bertz CT molecular complexity index is 614. The molecule has 2 nitrogen and oxygen atoms in total. The van der Waals surface area contributed by atoms with E-state index in [1.165, 1.54) is 24.3 Å². The summed E-state index contributed by atoms with van der Waals surface area (Å²) in [6.07, 6.45) is 0.649. The van der Waals surface area contributed by atoms with Crippen molar-refractivity contribution >= 4 is 17.9 Å². The van der Waals surface area contributed by atoms with Crippen LogP contribution in [0.25, 0.3) is 0 Å². The number of ether oxygens (including phenoxy) is 1. The van der Waals surface area contributed by atoms with Crippen LogP contribution in [0.15, 0.2) is 36.4 Å². The van der Waals surface area contributed by atoms with Gasteiger partial charge < -0.3 is 4.74 Å². The van der Waals surface area contributed by atoms with Gasteiger partial charge in [0.2, 0.25) is 0 Å². The van der Waals surface area contributed by atoms with E-state index in [1.54, 1.807) is 0 Å². The summed E-state index contributed by atoms with van der Waals surface area (Å²) >= 11 is 5.81. The molecule has 2 aromatic rings. The fraction of sp³-hybridized carbons (Fsp3) is 0.0714. The highest BCUT2D eigenvalue weighted by atomic mass is 35.5. The minimum absolute atomic E-state index is 0.0514. The number of carbonyl (C=O) groups is 1. The zero-order valence-electron chi connectivity index (χ0n) is 9.70. The summed E-state index contributed by atoms with van der Waals surface area (Å²) in [7, 11) is 0. The van der Waals surface area contributed by atoms with Crippen LogP contribution in [0.2, 0.25) is 5.02 Å². The van der Waals surface area contributed by atoms with E-state index in [-0.39, 0.29) is 6.61 Å². The van der Waals surface area contributed by atoms with Gasteiger partial charge in [-0.3, -0.25) is 4.79 Å². The van der Waals surface area contributed by atoms with Crippen molar-refractivity contribution in [3.63, 3.8) is 0 Å². The molecule has 0 spiro atoms. The van der Waals surface area contributed by atoms with Gasteiger partial charge in [0, 0.05) is 10.6 Å². The molecular formula is C14H9ClF2O2. The Morgan fingerprint density at radius 1 is 1.11 bits per heavy atom. The summed E-state index contributed by atoms with van der Waals surface area (Å²) in [5.74, 6) is -1.45. The summed E-state index contributed by atoms with van der Waals surface area (Å²) in [6, 6.07) is 8.05. The van der Waals surface area contributed by atoms with Gasteiger partial charge in [-0.05, 0) is 35.9 Å². The first kappa shape index (κ1) is 13.5. The van der Waals surface area contributed by atoms with Gasteiger partial charge in [-0.2, -0.15) is 0 Å². The van der Waals surface area contributed by atoms with E-state index in [0.717, 1.165) is 12.1 Å². The number of rotatable bonds is 4. The van der Waals surface area contributed by atoms with Crippen molar-refractivity contribution in [3.8, 4) is 5.75 Å². The fourth-order valence-electron chi connectivity index (χ4n) is 1.53. The third-order valence-electron chi connectivity index (χ3n) is 2.42. The van der Waals surface area contributed by atoms with Crippen LogP contribution < -0.4 is 4.74 Å². The van der Waals surface area contributed by atoms with Crippen LogP contribution in [0, 0.1) is 11.6 Å². The smallest absolute Gasteiger partial charge is 0.159 e. The van der Waals surface area contributed by atoms with Crippen molar-refractivity contribution in [1.29, 1.82) is 0 Å². The molecule has 19 heavy (non-hydrogen) atoms. The van der Waals surface area contributed by atoms with Gasteiger partial charge in [-0.1, -0.05) is 17.7 Å². The van der Waals surface area contributed by atoms with Crippen LogP contribution in [0.5, 0.6) is 5.75 Å². The van der Waals surface area contributed by atoms with E-state index in [4.69, 9.17) is 16.3 Å². The summed E-state index contributed by atoms with van der Waals surface area (Å²) < 4.78 is 31.1. The Labute approximate surface area is 113 Å². The van der Waals surface area contributed by atoms with E-state index >= 15 is 0 Å². The highest BCUT2D eigenvalue weighted by Crippen LogP contribution is 2.21. The Morgan fingerprint density at radius 3 is 2.58 bits per heavy atom. The highest BCUT2D eigenvalue weighted by molar-refractivity contribution is 6.31. The number of carbonyl (C=O) groups excluding carboxylic acids is 1. The summed E-state index contributed by atoms with van der Waals surface area (Å²) in [5, 5.41) is 0.366. The summed E-state index contributed by atoms with van der Waals surface area (Å²) in [4.78, 5) is 10.7. The molecule has 2 aromatic carbocycles. The van der Waals surface area contributed by atoms with Crippen molar-refractivity contribution in [3.05, 3.63) is 64.2 Å². The van der Waals surface area contributed by atoms with Gasteiger partial charge in [0.05, 0.1) is 0 Å². The van der Waals surface area contributed by atoms with Crippen LogP contribution in [-0.4, -0.2) is 6.29 Å². The molecular weight excluding hydrogens is 274 g/mol. The van der Waals surface area contributed by atoms with Crippen LogP contribution in [0.3, 0.4) is 0 Å². The molecule has 0 unspecified atom stereocenters. The Kier molecular flexibility index (Phi) is 4.12. The Morgan fingerprint density at radius 2 is 1.89 bits per heavy atom. The van der Waals surface area contributed by atoms with Crippen LogP contribution in [0.4, 0.5) is 8.78 Å². The molecule has 5 heteroatoms. The topological polar surface area (TPSA) is 26.3 Å². The van der Waals surface area contributed by atoms with E-state index < -0.39 is 11.6 Å². The fourth-order valence-corrected chi connectivity index (χ4v) is 1.77. The van der Waals surface area contributed by atoms with E-state index in [1.807, 2.05) is 0 Å². The highest BCUT2D eigenvalue weighted by Gasteiger charge is 2.04. The molecule has 0 amide bonds. The zero-order valence-corrected chi connectivity index (χ0v) is 10.5. The predicted molar refractivity (Wildman–Crippen MR) is 67.5 cm³/mol. The third-order valence-corrected chi connectivity index (χ3v) is 2.64. The van der Waals surface area contributed by atoms with Crippen LogP contribution in [-0.2, 0) is 6.61 Å². The lowest BCUT2D eigenvalue weighted by Gasteiger charge is -2.07. The lowest BCUT2D eigenvalue weighted by molar-refractivity contribution is 0.112. The van der Waals surface area contributed by atoms with Gasteiger partial charge in [-0.15, -0.1) is 0 Å². The van der Waals surface area contributed by atoms with Crippen LogP contribution in [0.1, 0.15) is 15.9 Å². The zero-order chi connectivity index (χ0) is 13.8. The number of benzene rings is 2. The van der Waals surface area contributed by atoms with Crippen LogP contribution >= 0.6 is 11.6 Å². The van der Waals surface area contributed by atoms with Gasteiger partial charge in [0.25, 0.3) is 0 Å².